The summed E-state index contributed by atoms with van der Waals surface area (Å²) < 4.78 is 13.0. The van der Waals surface area contributed by atoms with Gasteiger partial charge in [0.05, 0.1) is 0 Å². The average Bonchev–Trinajstić information content (AvgIpc) is 2.40. The molecule has 0 aliphatic rings. The third kappa shape index (κ3) is 4.48. The zero-order chi connectivity index (χ0) is 14.4. The van der Waals surface area contributed by atoms with E-state index in [1.807, 2.05) is 30.3 Å². The van der Waals surface area contributed by atoms with Crippen LogP contribution in [-0.2, 0) is 17.9 Å². The predicted molar refractivity (Wildman–Crippen MR) is 77.7 cm³/mol. The first-order valence-electron chi connectivity index (χ1n) is 6.45. The second-order valence-corrected chi connectivity index (χ2v) is 4.61. The van der Waals surface area contributed by atoms with Crippen molar-refractivity contribution < 1.29 is 9.18 Å². The molecule has 1 amide bonds. The summed E-state index contributed by atoms with van der Waals surface area (Å²) in [5.74, 6) is -0.300. The Hall–Kier alpha value is -2.20. The van der Waals surface area contributed by atoms with Gasteiger partial charge in [0.1, 0.15) is 5.82 Å². The molecule has 4 heteroatoms. The van der Waals surface area contributed by atoms with Gasteiger partial charge in [0.25, 0.3) is 0 Å². The van der Waals surface area contributed by atoms with Crippen molar-refractivity contribution in [1.82, 2.24) is 5.32 Å². The van der Waals surface area contributed by atoms with E-state index in [0.29, 0.717) is 13.1 Å². The molecular formula is C16H17FN2O. The minimum atomic E-state index is -0.219. The predicted octanol–water partition coefficient (Wildman–Crippen LogP) is 3.07. The zero-order valence-electron chi connectivity index (χ0n) is 11.3. The lowest BCUT2D eigenvalue weighted by Gasteiger charge is -2.07. The number of hydrogen-bond donors (Lipinski definition) is 2. The minimum Gasteiger partial charge on any atom is -0.326 e. The van der Waals surface area contributed by atoms with Gasteiger partial charge in [0, 0.05) is 25.7 Å². The van der Waals surface area contributed by atoms with Gasteiger partial charge in [-0.1, -0.05) is 24.3 Å². The largest absolute Gasteiger partial charge is 0.326 e. The molecule has 0 radical (unpaired) electrons. The molecule has 0 aliphatic carbocycles. The molecule has 0 spiro atoms. The second-order valence-electron chi connectivity index (χ2n) is 4.61. The Morgan fingerprint density at radius 3 is 2.40 bits per heavy atom. The van der Waals surface area contributed by atoms with Gasteiger partial charge < -0.3 is 10.6 Å². The minimum absolute atomic E-state index is 0.0815. The molecule has 0 bridgehead atoms. The van der Waals surface area contributed by atoms with Gasteiger partial charge in [-0.25, -0.2) is 4.39 Å². The van der Waals surface area contributed by atoms with Gasteiger partial charge in [-0.2, -0.15) is 0 Å². The summed E-state index contributed by atoms with van der Waals surface area (Å²) in [6.45, 7) is 2.79. The molecule has 0 fully saturated rings. The molecule has 0 saturated carbocycles. The molecule has 0 saturated heterocycles. The van der Waals surface area contributed by atoms with Crippen LogP contribution in [0.15, 0.2) is 48.5 Å². The lowest BCUT2D eigenvalue weighted by Crippen LogP contribution is -2.13. The molecule has 0 unspecified atom stereocenters. The highest BCUT2D eigenvalue weighted by atomic mass is 19.1. The Balaban J connectivity index is 1.83. The number of carbonyl (C=O) groups is 1. The van der Waals surface area contributed by atoms with E-state index < -0.39 is 0 Å². The summed E-state index contributed by atoms with van der Waals surface area (Å²) in [6.07, 6.45) is 0. The van der Waals surface area contributed by atoms with Gasteiger partial charge in [0.2, 0.25) is 5.91 Å². The maximum Gasteiger partial charge on any atom is 0.221 e. The summed E-state index contributed by atoms with van der Waals surface area (Å²) in [6, 6.07) is 14.2. The number of amides is 1. The smallest absolute Gasteiger partial charge is 0.221 e. The molecule has 0 heterocycles. The molecule has 0 aromatic heterocycles. The Labute approximate surface area is 117 Å². The van der Waals surface area contributed by atoms with Gasteiger partial charge in [-0.3, -0.25) is 4.79 Å². The molecule has 2 rings (SSSR count). The summed E-state index contributed by atoms with van der Waals surface area (Å²) >= 11 is 0. The lowest BCUT2D eigenvalue weighted by molar-refractivity contribution is -0.114. The van der Waals surface area contributed by atoms with E-state index in [4.69, 9.17) is 0 Å². The molecule has 0 atom stereocenters. The molecular weight excluding hydrogens is 255 g/mol. The van der Waals surface area contributed by atoms with Crippen LogP contribution in [0.1, 0.15) is 18.1 Å². The quantitative estimate of drug-likeness (QED) is 0.878. The first-order valence-corrected chi connectivity index (χ1v) is 6.45. The number of carbonyl (C=O) groups excluding carboxylic acids is 1. The summed E-state index contributed by atoms with van der Waals surface area (Å²) in [7, 11) is 0. The summed E-state index contributed by atoms with van der Waals surface area (Å²) in [4.78, 5) is 10.9. The van der Waals surface area contributed by atoms with Crippen LogP contribution in [0.25, 0.3) is 0 Å². The number of benzene rings is 2. The summed E-state index contributed by atoms with van der Waals surface area (Å²) in [5.41, 5.74) is 2.81. The monoisotopic (exact) mass is 272 g/mol. The van der Waals surface area contributed by atoms with Crippen molar-refractivity contribution >= 4 is 11.6 Å². The van der Waals surface area contributed by atoms with Gasteiger partial charge in [-0.15, -0.1) is 0 Å². The topological polar surface area (TPSA) is 41.1 Å². The Bertz CT molecular complexity index is 581. The van der Waals surface area contributed by atoms with Gasteiger partial charge in [-0.05, 0) is 35.4 Å². The fourth-order valence-corrected chi connectivity index (χ4v) is 1.91. The third-order valence-corrected chi connectivity index (χ3v) is 2.82. The molecule has 2 N–H and O–H groups in total. The maximum atomic E-state index is 13.0. The molecule has 0 aliphatic heterocycles. The van der Waals surface area contributed by atoms with E-state index in [2.05, 4.69) is 10.6 Å². The highest BCUT2D eigenvalue weighted by Gasteiger charge is 1.98. The fourth-order valence-electron chi connectivity index (χ4n) is 1.91. The van der Waals surface area contributed by atoms with Crippen molar-refractivity contribution in [1.29, 1.82) is 0 Å². The molecule has 2 aromatic rings. The number of anilines is 1. The van der Waals surface area contributed by atoms with Crippen molar-refractivity contribution in [3.8, 4) is 0 Å². The molecule has 3 nitrogen and oxygen atoms in total. The van der Waals surface area contributed by atoms with Crippen LogP contribution < -0.4 is 10.6 Å². The zero-order valence-corrected chi connectivity index (χ0v) is 11.3. The van der Waals surface area contributed by atoms with Crippen molar-refractivity contribution in [3.05, 3.63) is 65.5 Å². The van der Waals surface area contributed by atoms with Crippen LogP contribution in [0.4, 0.5) is 10.1 Å². The van der Waals surface area contributed by atoms with Crippen molar-refractivity contribution in [3.63, 3.8) is 0 Å². The van der Waals surface area contributed by atoms with E-state index in [-0.39, 0.29) is 11.7 Å². The first kappa shape index (κ1) is 14.2. The van der Waals surface area contributed by atoms with E-state index in [0.717, 1.165) is 16.8 Å². The highest BCUT2D eigenvalue weighted by Crippen LogP contribution is 2.09. The van der Waals surface area contributed by atoms with E-state index >= 15 is 0 Å². The van der Waals surface area contributed by atoms with Crippen LogP contribution in [0.3, 0.4) is 0 Å². The van der Waals surface area contributed by atoms with Gasteiger partial charge in [0.15, 0.2) is 0 Å². The molecule has 2 aromatic carbocycles. The second kappa shape index (κ2) is 6.82. The lowest BCUT2D eigenvalue weighted by atomic mass is 10.2. The van der Waals surface area contributed by atoms with Crippen molar-refractivity contribution in [2.45, 2.75) is 20.0 Å². The van der Waals surface area contributed by atoms with Crippen LogP contribution >= 0.6 is 0 Å². The van der Waals surface area contributed by atoms with Crippen LogP contribution in [-0.4, -0.2) is 5.91 Å². The SMILES string of the molecule is CC(=O)Nc1ccc(CNCc2cccc(F)c2)cc1. The normalized spacial score (nSPS) is 10.3. The van der Waals surface area contributed by atoms with E-state index in [1.165, 1.54) is 19.1 Å². The van der Waals surface area contributed by atoms with Crippen molar-refractivity contribution in [2.75, 3.05) is 5.32 Å². The van der Waals surface area contributed by atoms with Crippen LogP contribution in [0, 0.1) is 5.82 Å². The number of halogens is 1. The van der Waals surface area contributed by atoms with Crippen molar-refractivity contribution in [2.24, 2.45) is 0 Å². The first-order chi connectivity index (χ1) is 9.63. The highest BCUT2D eigenvalue weighted by molar-refractivity contribution is 5.88. The van der Waals surface area contributed by atoms with Crippen LogP contribution in [0.2, 0.25) is 0 Å². The fraction of sp³-hybridized carbons (Fsp3) is 0.188. The number of rotatable bonds is 5. The standard InChI is InChI=1S/C16H17FN2O/c1-12(20)19-16-7-5-13(6-8-16)10-18-11-14-3-2-4-15(17)9-14/h2-9,18H,10-11H2,1H3,(H,19,20). The van der Waals surface area contributed by atoms with Crippen LogP contribution in [0.5, 0.6) is 0 Å². The van der Waals surface area contributed by atoms with Gasteiger partial charge >= 0.3 is 0 Å². The van der Waals surface area contributed by atoms with E-state index in [9.17, 15) is 9.18 Å². The Morgan fingerprint density at radius 2 is 1.75 bits per heavy atom. The Kier molecular flexibility index (Phi) is 4.85. The molecule has 20 heavy (non-hydrogen) atoms. The third-order valence-electron chi connectivity index (χ3n) is 2.82. The average molecular weight is 272 g/mol. The van der Waals surface area contributed by atoms with E-state index in [1.54, 1.807) is 6.07 Å². The maximum absolute atomic E-state index is 13.0. The summed E-state index contributed by atoms with van der Waals surface area (Å²) in [5, 5.41) is 5.97. The molecule has 104 valence electrons. The number of nitrogens with one attached hydrogen (secondary N) is 2. The Morgan fingerprint density at radius 1 is 1.05 bits per heavy atom. The number of hydrogen-bond acceptors (Lipinski definition) is 2.